The van der Waals surface area contributed by atoms with Crippen molar-refractivity contribution in [1.29, 1.82) is 0 Å². The summed E-state index contributed by atoms with van der Waals surface area (Å²) in [4.78, 5) is 18.0. The van der Waals surface area contributed by atoms with Crippen molar-refractivity contribution >= 4 is 45.6 Å². The Morgan fingerprint density at radius 1 is 1.06 bits per heavy atom. The summed E-state index contributed by atoms with van der Waals surface area (Å²) in [5.74, 6) is 2.40. The zero-order chi connectivity index (χ0) is 25.1. The van der Waals surface area contributed by atoms with Gasteiger partial charge >= 0.3 is 0 Å². The van der Waals surface area contributed by atoms with Crippen molar-refractivity contribution in [3.8, 4) is 28.5 Å². The molecule has 0 spiro atoms. The zero-order valence-corrected chi connectivity index (χ0v) is 21.9. The minimum absolute atomic E-state index is 0.250. The Morgan fingerprint density at radius 3 is 2.67 bits per heavy atom. The van der Waals surface area contributed by atoms with E-state index in [1.165, 1.54) is 35.1 Å². The maximum Gasteiger partial charge on any atom is 0.291 e. The van der Waals surface area contributed by atoms with Crippen LogP contribution in [0.4, 0.5) is 0 Å². The minimum atomic E-state index is -0.250. The number of halogens is 2. The van der Waals surface area contributed by atoms with Gasteiger partial charge in [-0.15, -0.1) is 5.10 Å². The second kappa shape index (κ2) is 10.9. The Balaban J connectivity index is 1.34. The largest absolute Gasteiger partial charge is 0.494 e. The number of furan rings is 1. The number of thiazole rings is 1. The van der Waals surface area contributed by atoms with E-state index in [0.717, 1.165) is 17.7 Å². The van der Waals surface area contributed by atoms with E-state index in [-0.39, 0.29) is 5.56 Å². The van der Waals surface area contributed by atoms with Gasteiger partial charge in [0, 0.05) is 22.2 Å². The van der Waals surface area contributed by atoms with E-state index < -0.39 is 0 Å². The van der Waals surface area contributed by atoms with Gasteiger partial charge in [0.1, 0.15) is 21.8 Å². The summed E-state index contributed by atoms with van der Waals surface area (Å²) >= 11 is 13.6. The average molecular weight is 540 g/mol. The third-order valence-electron chi connectivity index (χ3n) is 5.65. The predicted molar refractivity (Wildman–Crippen MR) is 145 cm³/mol. The molecule has 0 unspecified atom stereocenters. The summed E-state index contributed by atoms with van der Waals surface area (Å²) < 4.78 is 13.5. The molecule has 0 bridgehead atoms. The number of hydrogen-bond donors (Lipinski definition) is 0. The van der Waals surface area contributed by atoms with Crippen molar-refractivity contribution < 1.29 is 9.15 Å². The molecule has 0 aliphatic heterocycles. The Kier molecular flexibility index (Phi) is 7.41. The first-order chi connectivity index (χ1) is 17.5. The van der Waals surface area contributed by atoms with Crippen LogP contribution < -0.4 is 14.8 Å². The molecule has 0 saturated heterocycles. The Hall–Kier alpha value is -3.13. The van der Waals surface area contributed by atoms with Crippen molar-refractivity contribution in [3.05, 3.63) is 85.3 Å². The molecule has 3 heterocycles. The Bertz CT molecular complexity index is 1610. The van der Waals surface area contributed by atoms with E-state index in [9.17, 15) is 4.79 Å². The molecule has 9 heteroatoms. The predicted octanol–water partition coefficient (Wildman–Crippen LogP) is 6.89. The fraction of sp³-hybridized carbons (Fsp3) is 0.222. The standard InChI is InChI=1S/C27H23Cl2N3O3S/c1-2-3-4-5-14-34-19-9-6-17(7-10-19)25-30-27-32(31-25)26(33)24(36-27)16-20-11-13-23(35-20)21-15-18(28)8-12-22(21)29/h6-13,15-16H,2-5,14H2,1H3/b24-16+. The first-order valence-corrected chi connectivity index (χ1v) is 13.3. The zero-order valence-electron chi connectivity index (χ0n) is 19.5. The molecule has 0 aliphatic carbocycles. The van der Waals surface area contributed by atoms with Crippen molar-refractivity contribution in [2.75, 3.05) is 6.61 Å². The van der Waals surface area contributed by atoms with E-state index in [0.29, 0.717) is 49.1 Å². The normalized spacial score (nSPS) is 12.0. The molecule has 0 aliphatic rings. The van der Waals surface area contributed by atoms with Gasteiger partial charge in [0.05, 0.1) is 11.6 Å². The third-order valence-corrected chi connectivity index (χ3v) is 7.18. The minimum Gasteiger partial charge on any atom is -0.494 e. The first-order valence-electron chi connectivity index (χ1n) is 11.7. The summed E-state index contributed by atoms with van der Waals surface area (Å²) in [5, 5.41) is 5.51. The second-order valence-electron chi connectivity index (χ2n) is 8.31. The number of fused-ring (bicyclic) bond motifs is 1. The smallest absolute Gasteiger partial charge is 0.291 e. The lowest BCUT2D eigenvalue weighted by atomic mass is 10.2. The molecule has 184 valence electrons. The molecule has 5 rings (SSSR count). The molecule has 0 saturated carbocycles. The van der Waals surface area contributed by atoms with Crippen LogP contribution in [0.5, 0.6) is 5.75 Å². The van der Waals surface area contributed by atoms with Crippen molar-refractivity contribution in [1.82, 2.24) is 14.6 Å². The fourth-order valence-corrected chi connectivity index (χ4v) is 5.04. The third kappa shape index (κ3) is 5.33. The molecule has 5 aromatic rings. The van der Waals surface area contributed by atoms with E-state index in [1.54, 1.807) is 36.4 Å². The van der Waals surface area contributed by atoms with Crippen LogP contribution in [0.2, 0.25) is 10.0 Å². The summed E-state index contributed by atoms with van der Waals surface area (Å²) in [7, 11) is 0. The molecular formula is C27H23Cl2N3O3S. The van der Waals surface area contributed by atoms with Crippen molar-refractivity contribution in [2.45, 2.75) is 32.6 Å². The lowest BCUT2D eigenvalue weighted by Gasteiger charge is -2.06. The molecule has 0 N–H and O–H groups in total. The lowest BCUT2D eigenvalue weighted by Crippen LogP contribution is -2.23. The van der Waals surface area contributed by atoms with Gasteiger partial charge in [-0.05, 0) is 61.0 Å². The van der Waals surface area contributed by atoms with E-state index in [4.69, 9.17) is 32.4 Å². The van der Waals surface area contributed by atoms with E-state index in [1.807, 2.05) is 24.3 Å². The molecule has 0 radical (unpaired) electrons. The van der Waals surface area contributed by atoms with Gasteiger partial charge in [0.2, 0.25) is 4.96 Å². The van der Waals surface area contributed by atoms with Gasteiger partial charge in [0.25, 0.3) is 5.56 Å². The maximum atomic E-state index is 12.9. The highest BCUT2D eigenvalue weighted by atomic mass is 35.5. The average Bonchev–Trinajstić information content (AvgIpc) is 3.58. The van der Waals surface area contributed by atoms with Crippen LogP contribution >= 0.6 is 34.5 Å². The van der Waals surface area contributed by atoms with Gasteiger partial charge in [-0.1, -0.05) is 60.7 Å². The summed E-state index contributed by atoms with van der Waals surface area (Å²) in [6, 6.07) is 16.4. The number of nitrogens with zero attached hydrogens (tertiary/aromatic N) is 3. The van der Waals surface area contributed by atoms with Gasteiger partial charge < -0.3 is 9.15 Å². The van der Waals surface area contributed by atoms with Gasteiger partial charge in [-0.2, -0.15) is 9.50 Å². The van der Waals surface area contributed by atoms with Crippen molar-refractivity contribution in [2.24, 2.45) is 0 Å². The Morgan fingerprint density at radius 2 is 1.89 bits per heavy atom. The van der Waals surface area contributed by atoms with Crippen molar-refractivity contribution in [3.63, 3.8) is 0 Å². The van der Waals surface area contributed by atoms with Crippen LogP contribution in [-0.4, -0.2) is 21.2 Å². The molecule has 0 amide bonds. The van der Waals surface area contributed by atoms with Crippen LogP contribution in [0.15, 0.2) is 63.8 Å². The molecule has 6 nitrogen and oxygen atoms in total. The first kappa shape index (κ1) is 24.6. The molecule has 0 atom stereocenters. The van der Waals surface area contributed by atoms with Crippen LogP contribution in [0, 0.1) is 0 Å². The molecular weight excluding hydrogens is 517 g/mol. The fourth-order valence-electron chi connectivity index (χ4n) is 3.77. The molecule has 36 heavy (non-hydrogen) atoms. The molecule has 3 aromatic heterocycles. The topological polar surface area (TPSA) is 69.6 Å². The van der Waals surface area contributed by atoms with Gasteiger partial charge in [-0.25, -0.2) is 0 Å². The van der Waals surface area contributed by atoms with E-state index >= 15 is 0 Å². The van der Waals surface area contributed by atoms with Crippen LogP contribution in [-0.2, 0) is 0 Å². The quantitative estimate of drug-likeness (QED) is 0.191. The molecule has 2 aromatic carbocycles. The summed E-state index contributed by atoms with van der Waals surface area (Å²) in [6.45, 7) is 2.90. The second-order valence-corrected chi connectivity index (χ2v) is 10.2. The van der Waals surface area contributed by atoms with Gasteiger partial charge in [0.15, 0.2) is 5.82 Å². The number of ether oxygens (including phenoxy) is 1. The van der Waals surface area contributed by atoms with Crippen LogP contribution in [0.25, 0.3) is 33.7 Å². The summed E-state index contributed by atoms with van der Waals surface area (Å²) in [6.07, 6.45) is 6.34. The highest BCUT2D eigenvalue weighted by Gasteiger charge is 2.13. The number of unbranched alkanes of at least 4 members (excludes halogenated alkanes) is 3. The number of hydrogen-bond acceptors (Lipinski definition) is 6. The summed E-state index contributed by atoms with van der Waals surface area (Å²) in [5.41, 5.74) is 1.26. The molecule has 0 fully saturated rings. The Labute approximate surface area is 221 Å². The number of benzene rings is 2. The monoisotopic (exact) mass is 539 g/mol. The van der Waals surface area contributed by atoms with Crippen LogP contribution in [0.1, 0.15) is 38.4 Å². The van der Waals surface area contributed by atoms with Crippen LogP contribution in [0.3, 0.4) is 0 Å². The number of aromatic nitrogens is 3. The maximum absolute atomic E-state index is 12.9. The lowest BCUT2D eigenvalue weighted by molar-refractivity contribution is 0.305. The van der Waals surface area contributed by atoms with Gasteiger partial charge in [-0.3, -0.25) is 4.79 Å². The SMILES string of the molecule is CCCCCCOc1ccc(-c2nc3s/c(=C/c4ccc(-c5cc(Cl)ccc5Cl)o4)c(=O)n3n2)cc1. The number of rotatable bonds is 9. The highest BCUT2D eigenvalue weighted by molar-refractivity contribution is 7.15. The highest BCUT2D eigenvalue weighted by Crippen LogP contribution is 2.32. The van der Waals surface area contributed by atoms with E-state index in [2.05, 4.69) is 17.0 Å².